The number of likely N-dealkylation sites (tertiary alicyclic amines) is 1. The van der Waals surface area contributed by atoms with Gasteiger partial charge in [-0.25, -0.2) is 4.68 Å². The third-order valence-corrected chi connectivity index (χ3v) is 4.17. The van der Waals surface area contributed by atoms with E-state index in [0.717, 1.165) is 5.69 Å². The number of nitrogens with zero attached hydrogens (tertiary/aromatic N) is 3. The van der Waals surface area contributed by atoms with Crippen LogP contribution in [-0.2, 0) is 4.79 Å². The molecule has 2 aromatic rings. The van der Waals surface area contributed by atoms with Crippen molar-refractivity contribution in [1.82, 2.24) is 14.7 Å². The minimum atomic E-state index is -0.855. The molecule has 1 N–H and O–H groups in total. The smallest absolute Gasteiger partial charge is 0.308 e. The summed E-state index contributed by atoms with van der Waals surface area (Å²) in [5, 5.41) is 14.0. The molecule has 2 heterocycles. The maximum atomic E-state index is 12.5. The van der Waals surface area contributed by atoms with Gasteiger partial charge in [-0.15, -0.1) is 0 Å². The van der Waals surface area contributed by atoms with Gasteiger partial charge in [0.1, 0.15) is 0 Å². The Morgan fingerprint density at radius 2 is 2.13 bits per heavy atom. The molecule has 0 bridgehead atoms. The lowest BCUT2D eigenvalue weighted by atomic mass is 9.98. The molecule has 1 aliphatic rings. The molecule has 7 heteroatoms. The fourth-order valence-electron chi connectivity index (χ4n) is 2.73. The van der Waals surface area contributed by atoms with Crippen molar-refractivity contribution in [3.8, 4) is 5.69 Å². The highest BCUT2D eigenvalue weighted by atomic mass is 35.5. The second kappa shape index (κ2) is 6.42. The summed E-state index contributed by atoms with van der Waals surface area (Å²) in [6.07, 6.45) is 2.99. The standard InChI is InChI=1S/C16H16ClN3O3/c17-12-4-1-5-13(9-12)20-8-6-14(18-20)15(21)19-7-2-3-11(10-19)16(22)23/h1,4-6,8-9,11H,2-3,7,10H2,(H,22,23). The first-order valence-electron chi connectivity index (χ1n) is 7.38. The Bertz CT molecular complexity index is 744. The van der Waals surface area contributed by atoms with Crippen molar-refractivity contribution in [3.05, 3.63) is 47.2 Å². The Morgan fingerprint density at radius 3 is 2.87 bits per heavy atom. The Hall–Kier alpha value is -2.34. The number of halogens is 1. The molecule has 0 aliphatic carbocycles. The lowest BCUT2D eigenvalue weighted by molar-refractivity contribution is -0.143. The van der Waals surface area contributed by atoms with Crippen LogP contribution >= 0.6 is 11.6 Å². The van der Waals surface area contributed by atoms with Crippen LogP contribution in [0.3, 0.4) is 0 Å². The van der Waals surface area contributed by atoms with Crippen LogP contribution in [0.2, 0.25) is 5.02 Å². The van der Waals surface area contributed by atoms with Crippen LogP contribution in [-0.4, -0.2) is 44.8 Å². The van der Waals surface area contributed by atoms with Crippen LogP contribution in [0.5, 0.6) is 0 Å². The number of carbonyl (C=O) groups is 2. The van der Waals surface area contributed by atoms with Crippen molar-refractivity contribution < 1.29 is 14.7 Å². The van der Waals surface area contributed by atoms with Gasteiger partial charge in [-0.3, -0.25) is 9.59 Å². The lowest BCUT2D eigenvalue weighted by Gasteiger charge is -2.30. The van der Waals surface area contributed by atoms with E-state index < -0.39 is 11.9 Å². The zero-order valence-corrected chi connectivity index (χ0v) is 13.1. The predicted octanol–water partition coefficient (Wildman–Crippen LogP) is 2.46. The molecule has 0 saturated carbocycles. The van der Waals surface area contributed by atoms with Crippen LogP contribution in [0, 0.1) is 5.92 Å². The average Bonchev–Trinajstić information content (AvgIpc) is 3.04. The van der Waals surface area contributed by atoms with Gasteiger partial charge in [0.05, 0.1) is 11.6 Å². The number of hydrogen-bond acceptors (Lipinski definition) is 3. The Labute approximate surface area is 138 Å². The van der Waals surface area contributed by atoms with Gasteiger partial charge >= 0.3 is 5.97 Å². The van der Waals surface area contributed by atoms with Crippen molar-refractivity contribution in [2.24, 2.45) is 5.92 Å². The van der Waals surface area contributed by atoms with Gasteiger partial charge in [-0.05, 0) is 37.1 Å². The zero-order chi connectivity index (χ0) is 16.4. The van der Waals surface area contributed by atoms with Crippen molar-refractivity contribution >= 4 is 23.5 Å². The normalized spacial score (nSPS) is 18.0. The number of rotatable bonds is 3. The van der Waals surface area contributed by atoms with Gasteiger partial charge in [0.25, 0.3) is 5.91 Å². The molecular weight excluding hydrogens is 318 g/mol. The molecule has 1 aromatic carbocycles. The third kappa shape index (κ3) is 3.37. The average molecular weight is 334 g/mol. The molecule has 1 amide bonds. The quantitative estimate of drug-likeness (QED) is 0.936. The molecule has 6 nitrogen and oxygen atoms in total. The number of carbonyl (C=O) groups excluding carboxylic acids is 1. The highest BCUT2D eigenvalue weighted by molar-refractivity contribution is 6.30. The van der Waals surface area contributed by atoms with E-state index in [0.29, 0.717) is 30.1 Å². The molecule has 3 rings (SSSR count). The van der Waals surface area contributed by atoms with Gasteiger partial charge in [0.2, 0.25) is 0 Å². The summed E-state index contributed by atoms with van der Waals surface area (Å²) in [6, 6.07) is 8.80. The summed E-state index contributed by atoms with van der Waals surface area (Å²) in [4.78, 5) is 25.2. The van der Waals surface area contributed by atoms with Crippen molar-refractivity contribution in [2.75, 3.05) is 13.1 Å². The summed E-state index contributed by atoms with van der Waals surface area (Å²) in [5.74, 6) is -1.59. The van der Waals surface area contributed by atoms with E-state index >= 15 is 0 Å². The molecule has 1 saturated heterocycles. The Balaban J connectivity index is 1.77. The molecule has 23 heavy (non-hydrogen) atoms. The maximum absolute atomic E-state index is 12.5. The number of piperidine rings is 1. The van der Waals surface area contributed by atoms with Gasteiger partial charge < -0.3 is 10.0 Å². The molecule has 1 atom stereocenters. The number of benzene rings is 1. The van der Waals surface area contributed by atoms with E-state index in [1.807, 2.05) is 12.1 Å². The van der Waals surface area contributed by atoms with Crippen LogP contribution in [0.4, 0.5) is 0 Å². The van der Waals surface area contributed by atoms with Gasteiger partial charge in [-0.1, -0.05) is 17.7 Å². The fourth-order valence-corrected chi connectivity index (χ4v) is 2.91. The first-order chi connectivity index (χ1) is 11.0. The van der Waals surface area contributed by atoms with E-state index in [9.17, 15) is 9.59 Å². The van der Waals surface area contributed by atoms with E-state index in [4.69, 9.17) is 16.7 Å². The summed E-state index contributed by atoms with van der Waals surface area (Å²) >= 11 is 5.96. The molecule has 1 unspecified atom stereocenters. The zero-order valence-electron chi connectivity index (χ0n) is 12.4. The Morgan fingerprint density at radius 1 is 1.30 bits per heavy atom. The summed E-state index contributed by atoms with van der Waals surface area (Å²) in [6.45, 7) is 0.796. The molecule has 1 aromatic heterocycles. The van der Waals surface area contributed by atoms with Gasteiger partial charge in [0, 0.05) is 24.3 Å². The number of aromatic nitrogens is 2. The van der Waals surface area contributed by atoms with Crippen LogP contribution in [0.15, 0.2) is 36.5 Å². The van der Waals surface area contributed by atoms with E-state index in [2.05, 4.69) is 5.10 Å². The highest BCUT2D eigenvalue weighted by Crippen LogP contribution is 2.19. The lowest BCUT2D eigenvalue weighted by Crippen LogP contribution is -2.42. The molecule has 1 aliphatic heterocycles. The number of carboxylic acid groups (broad SMARTS) is 1. The topological polar surface area (TPSA) is 75.4 Å². The molecule has 1 fully saturated rings. The van der Waals surface area contributed by atoms with E-state index in [-0.39, 0.29) is 12.5 Å². The second-order valence-electron chi connectivity index (χ2n) is 5.55. The number of aliphatic carboxylic acids is 1. The number of hydrogen-bond donors (Lipinski definition) is 1. The van der Waals surface area contributed by atoms with Crippen molar-refractivity contribution in [2.45, 2.75) is 12.8 Å². The SMILES string of the molecule is O=C(O)C1CCCN(C(=O)c2ccn(-c3cccc(Cl)c3)n2)C1. The summed E-state index contributed by atoms with van der Waals surface area (Å²) in [7, 11) is 0. The van der Waals surface area contributed by atoms with Crippen LogP contribution in [0.25, 0.3) is 5.69 Å². The minimum absolute atomic E-state index is 0.234. The summed E-state index contributed by atoms with van der Waals surface area (Å²) < 4.78 is 1.58. The molecule has 0 radical (unpaired) electrons. The fraction of sp³-hybridized carbons (Fsp3) is 0.312. The van der Waals surface area contributed by atoms with E-state index in [1.165, 1.54) is 0 Å². The number of amides is 1. The maximum Gasteiger partial charge on any atom is 0.308 e. The molecule has 0 spiro atoms. The van der Waals surface area contributed by atoms with Gasteiger partial charge in [0.15, 0.2) is 5.69 Å². The monoisotopic (exact) mass is 333 g/mol. The van der Waals surface area contributed by atoms with Crippen molar-refractivity contribution in [1.29, 1.82) is 0 Å². The van der Waals surface area contributed by atoms with Crippen molar-refractivity contribution in [3.63, 3.8) is 0 Å². The first kappa shape index (κ1) is 15.6. The minimum Gasteiger partial charge on any atom is -0.481 e. The predicted molar refractivity (Wildman–Crippen MR) is 84.8 cm³/mol. The largest absolute Gasteiger partial charge is 0.481 e. The highest BCUT2D eigenvalue weighted by Gasteiger charge is 2.29. The van der Waals surface area contributed by atoms with Crippen LogP contribution < -0.4 is 0 Å². The Kier molecular flexibility index (Phi) is 4.34. The van der Waals surface area contributed by atoms with Gasteiger partial charge in [-0.2, -0.15) is 5.10 Å². The number of carboxylic acids is 1. The second-order valence-corrected chi connectivity index (χ2v) is 5.99. The first-order valence-corrected chi connectivity index (χ1v) is 7.76. The molecule has 120 valence electrons. The third-order valence-electron chi connectivity index (χ3n) is 3.94. The molecular formula is C16H16ClN3O3. The van der Waals surface area contributed by atoms with E-state index in [1.54, 1.807) is 34.0 Å². The van der Waals surface area contributed by atoms with Crippen LogP contribution in [0.1, 0.15) is 23.3 Å². The summed E-state index contributed by atoms with van der Waals surface area (Å²) in [5.41, 5.74) is 1.06.